The van der Waals surface area contributed by atoms with Gasteiger partial charge in [-0.3, -0.25) is 0 Å². The molecule has 1 aromatic carbocycles. The van der Waals surface area contributed by atoms with Crippen molar-refractivity contribution in [2.45, 2.75) is 19.4 Å². The van der Waals surface area contributed by atoms with Gasteiger partial charge in [-0.25, -0.2) is 0 Å². The average molecular weight is 240 g/mol. The SMILES string of the molecule is CCC(O)c1cc(C#N)ccc1Br. The van der Waals surface area contributed by atoms with Crippen LogP contribution in [0.5, 0.6) is 0 Å². The third-order valence-corrected chi connectivity index (χ3v) is 2.59. The number of nitriles is 1. The lowest BCUT2D eigenvalue weighted by molar-refractivity contribution is 0.173. The van der Waals surface area contributed by atoms with Crippen LogP contribution in [0.15, 0.2) is 22.7 Å². The van der Waals surface area contributed by atoms with Crippen molar-refractivity contribution in [3.63, 3.8) is 0 Å². The van der Waals surface area contributed by atoms with Gasteiger partial charge in [-0.1, -0.05) is 22.9 Å². The number of hydrogen-bond donors (Lipinski definition) is 1. The summed E-state index contributed by atoms with van der Waals surface area (Å²) >= 11 is 3.33. The first kappa shape index (κ1) is 10.2. The van der Waals surface area contributed by atoms with Crippen molar-refractivity contribution in [1.29, 1.82) is 5.26 Å². The van der Waals surface area contributed by atoms with Crippen molar-refractivity contribution in [2.24, 2.45) is 0 Å². The van der Waals surface area contributed by atoms with Crippen LogP contribution < -0.4 is 0 Å². The number of aliphatic hydroxyl groups is 1. The van der Waals surface area contributed by atoms with E-state index in [1.54, 1.807) is 18.2 Å². The van der Waals surface area contributed by atoms with E-state index in [-0.39, 0.29) is 0 Å². The normalized spacial score (nSPS) is 12.2. The quantitative estimate of drug-likeness (QED) is 0.863. The van der Waals surface area contributed by atoms with Crippen molar-refractivity contribution in [3.8, 4) is 6.07 Å². The molecule has 0 radical (unpaired) electrons. The Balaban J connectivity index is 3.12. The number of hydrogen-bond acceptors (Lipinski definition) is 2. The number of benzene rings is 1. The zero-order valence-corrected chi connectivity index (χ0v) is 8.87. The Morgan fingerprint density at radius 3 is 2.85 bits per heavy atom. The molecule has 0 aliphatic rings. The molecule has 1 atom stereocenters. The number of halogens is 1. The molecule has 1 unspecified atom stereocenters. The van der Waals surface area contributed by atoms with E-state index < -0.39 is 6.10 Å². The standard InChI is InChI=1S/C10H10BrNO/c1-2-10(13)8-5-7(6-12)3-4-9(8)11/h3-5,10,13H,2H2,1H3. The fourth-order valence-corrected chi connectivity index (χ4v) is 1.60. The molecule has 0 amide bonds. The van der Waals surface area contributed by atoms with Crippen LogP contribution in [0.3, 0.4) is 0 Å². The second-order valence-electron chi connectivity index (χ2n) is 2.77. The van der Waals surface area contributed by atoms with Gasteiger partial charge in [0.2, 0.25) is 0 Å². The van der Waals surface area contributed by atoms with Crippen LogP contribution in [0.25, 0.3) is 0 Å². The monoisotopic (exact) mass is 239 g/mol. The van der Waals surface area contributed by atoms with Crippen LogP contribution in [0.2, 0.25) is 0 Å². The predicted octanol–water partition coefficient (Wildman–Crippen LogP) is 2.76. The zero-order valence-electron chi connectivity index (χ0n) is 7.29. The highest BCUT2D eigenvalue weighted by atomic mass is 79.9. The molecule has 68 valence electrons. The van der Waals surface area contributed by atoms with Gasteiger partial charge in [-0.2, -0.15) is 5.26 Å². The molecule has 0 fully saturated rings. The van der Waals surface area contributed by atoms with Gasteiger partial charge in [0.15, 0.2) is 0 Å². The molecule has 2 nitrogen and oxygen atoms in total. The lowest BCUT2D eigenvalue weighted by atomic mass is 10.1. The van der Waals surface area contributed by atoms with Gasteiger partial charge in [0.25, 0.3) is 0 Å². The third-order valence-electron chi connectivity index (χ3n) is 1.87. The van der Waals surface area contributed by atoms with E-state index in [2.05, 4.69) is 15.9 Å². The molecule has 13 heavy (non-hydrogen) atoms. The summed E-state index contributed by atoms with van der Waals surface area (Å²) in [6.45, 7) is 1.90. The van der Waals surface area contributed by atoms with E-state index in [1.807, 2.05) is 13.0 Å². The maximum Gasteiger partial charge on any atom is 0.0991 e. The van der Waals surface area contributed by atoms with Crippen LogP contribution in [-0.2, 0) is 0 Å². The molecular weight excluding hydrogens is 230 g/mol. The van der Waals surface area contributed by atoms with Gasteiger partial charge in [0, 0.05) is 4.47 Å². The second kappa shape index (κ2) is 4.40. The maximum atomic E-state index is 9.59. The summed E-state index contributed by atoms with van der Waals surface area (Å²) in [7, 11) is 0. The minimum Gasteiger partial charge on any atom is -0.388 e. The minimum atomic E-state index is -0.498. The van der Waals surface area contributed by atoms with Gasteiger partial charge in [0.1, 0.15) is 0 Å². The Kier molecular flexibility index (Phi) is 3.47. The van der Waals surface area contributed by atoms with Crippen molar-refractivity contribution < 1.29 is 5.11 Å². The first-order valence-electron chi connectivity index (χ1n) is 4.06. The Bertz CT molecular complexity index is 343. The number of nitrogens with zero attached hydrogens (tertiary/aromatic N) is 1. The molecule has 0 spiro atoms. The summed E-state index contributed by atoms with van der Waals surface area (Å²) in [5.74, 6) is 0. The molecule has 0 aliphatic heterocycles. The van der Waals surface area contributed by atoms with Crippen molar-refractivity contribution in [2.75, 3.05) is 0 Å². The van der Waals surface area contributed by atoms with E-state index in [1.165, 1.54) is 0 Å². The summed E-state index contributed by atoms with van der Waals surface area (Å²) < 4.78 is 0.848. The van der Waals surface area contributed by atoms with E-state index in [0.717, 1.165) is 10.0 Å². The largest absolute Gasteiger partial charge is 0.388 e. The fraction of sp³-hybridized carbons (Fsp3) is 0.300. The molecule has 0 bridgehead atoms. The first-order valence-corrected chi connectivity index (χ1v) is 4.86. The second-order valence-corrected chi connectivity index (χ2v) is 3.63. The van der Waals surface area contributed by atoms with Crippen molar-refractivity contribution in [1.82, 2.24) is 0 Å². The van der Waals surface area contributed by atoms with Gasteiger partial charge < -0.3 is 5.11 Å². The molecule has 1 rings (SSSR count). The van der Waals surface area contributed by atoms with E-state index in [9.17, 15) is 5.11 Å². The molecule has 0 aliphatic carbocycles. The molecule has 0 heterocycles. The molecule has 3 heteroatoms. The van der Waals surface area contributed by atoms with Crippen molar-refractivity contribution in [3.05, 3.63) is 33.8 Å². The highest BCUT2D eigenvalue weighted by Gasteiger charge is 2.09. The summed E-state index contributed by atoms with van der Waals surface area (Å²) in [6.07, 6.45) is 0.149. The number of rotatable bonds is 2. The molecular formula is C10H10BrNO. The topological polar surface area (TPSA) is 44.0 Å². The van der Waals surface area contributed by atoms with Crippen LogP contribution >= 0.6 is 15.9 Å². The summed E-state index contributed by atoms with van der Waals surface area (Å²) in [5.41, 5.74) is 1.35. The van der Waals surface area contributed by atoms with Gasteiger partial charge in [-0.15, -0.1) is 0 Å². The van der Waals surface area contributed by atoms with Crippen LogP contribution in [-0.4, -0.2) is 5.11 Å². The minimum absolute atomic E-state index is 0.498. The molecule has 0 aromatic heterocycles. The van der Waals surface area contributed by atoms with Crippen LogP contribution in [0.4, 0.5) is 0 Å². The fourth-order valence-electron chi connectivity index (χ4n) is 1.09. The smallest absolute Gasteiger partial charge is 0.0991 e. The maximum absolute atomic E-state index is 9.59. The third kappa shape index (κ3) is 2.30. The van der Waals surface area contributed by atoms with Crippen LogP contribution in [0, 0.1) is 11.3 Å². The number of aliphatic hydroxyl groups excluding tert-OH is 1. The Morgan fingerprint density at radius 2 is 2.31 bits per heavy atom. The van der Waals surface area contributed by atoms with Crippen LogP contribution in [0.1, 0.15) is 30.6 Å². The van der Waals surface area contributed by atoms with E-state index in [4.69, 9.17) is 5.26 Å². The first-order chi connectivity index (χ1) is 6.19. The summed E-state index contributed by atoms with van der Waals surface area (Å²) in [5, 5.41) is 18.3. The Hall–Kier alpha value is -0.850. The lowest BCUT2D eigenvalue weighted by Crippen LogP contribution is -1.96. The van der Waals surface area contributed by atoms with Gasteiger partial charge in [0.05, 0.1) is 17.7 Å². The Labute approximate surface area is 85.9 Å². The van der Waals surface area contributed by atoms with Crippen molar-refractivity contribution >= 4 is 15.9 Å². The van der Waals surface area contributed by atoms with Gasteiger partial charge >= 0.3 is 0 Å². The molecule has 1 aromatic rings. The summed E-state index contributed by atoms with van der Waals surface area (Å²) in [4.78, 5) is 0. The molecule has 0 saturated carbocycles. The zero-order chi connectivity index (χ0) is 9.84. The highest BCUT2D eigenvalue weighted by Crippen LogP contribution is 2.26. The Morgan fingerprint density at radius 1 is 1.62 bits per heavy atom. The van der Waals surface area contributed by atoms with Gasteiger partial charge in [-0.05, 0) is 30.2 Å². The summed E-state index contributed by atoms with van der Waals surface area (Å²) in [6, 6.07) is 7.25. The molecule has 1 N–H and O–H groups in total. The molecule has 0 saturated heterocycles. The van der Waals surface area contributed by atoms with E-state index in [0.29, 0.717) is 12.0 Å². The average Bonchev–Trinajstić information content (AvgIpc) is 2.17. The lowest BCUT2D eigenvalue weighted by Gasteiger charge is -2.10. The van der Waals surface area contributed by atoms with E-state index >= 15 is 0 Å². The predicted molar refractivity (Wildman–Crippen MR) is 54.1 cm³/mol. The highest BCUT2D eigenvalue weighted by molar-refractivity contribution is 9.10.